The number of hydrogen-bond acceptors (Lipinski definition) is 3. The zero-order valence-corrected chi connectivity index (χ0v) is 11.3. The number of hydrogen-bond donors (Lipinski definition) is 3. The Bertz CT molecular complexity index is 408. The average Bonchev–Trinajstić information content (AvgIpc) is 2.90. The van der Waals surface area contributed by atoms with E-state index in [2.05, 4.69) is 10.6 Å². The summed E-state index contributed by atoms with van der Waals surface area (Å²) in [6.07, 6.45) is 0.0299. The molecule has 0 radical (unpaired) electrons. The molecule has 0 saturated carbocycles. The molecular formula is C13H18ClFN2O2. The van der Waals surface area contributed by atoms with Crippen LogP contribution in [-0.2, 0) is 4.79 Å². The number of benzene rings is 1. The van der Waals surface area contributed by atoms with Crippen molar-refractivity contribution in [2.45, 2.75) is 12.5 Å². The Morgan fingerprint density at radius 1 is 1.47 bits per heavy atom. The van der Waals surface area contributed by atoms with Gasteiger partial charge in [-0.3, -0.25) is 4.79 Å². The van der Waals surface area contributed by atoms with Crippen LogP contribution >= 0.6 is 12.4 Å². The molecule has 1 heterocycles. The molecule has 3 N–H and O–H groups in total. The van der Waals surface area contributed by atoms with Gasteiger partial charge in [0.15, 0.2) is 0 Å². The molecule has 0 aliphatic carbocycles. The second-order valence-electron chi connectivity index (χ2n) is 4.50. The van der Waals surface area contributed by atoms with E-state index < -0.39 is 6.10 Å². The standard InChI is InChI=1S/C13H17FN2O2.ClH/c14-11-3-1-9(2-4-11)12(17)8-16-13(18)10-5-6-15-7-10;/h1-4,10,12,15,17H,5-8H2,(H,16,18);1H. The van der Waals surface area contributed by atoms with Gasteiger partial charge in [-0.05, 0) is 30.7 Å². The molecule has 1 aliphatic heterocycles. The monoisotopic (exact) mass is 288 g/mol. The molecule has 2 atom stereocenters. The number of aliphatic hydroxyl groups is 1. The molecule has 1 saturated heterocycles. The molecule has 106 valence electrons. The van der Waals surface area contributed by atoms with Crippen molar-refractivity contribution in [1.82, 2.24) is 10.6 Å². The van der Waals surface area contributed by atoms with Crippen LogP contribution in [0.1, 0.15) is 18.1 Å². The lowest BCUT2D eigenvalue weighted by atomic mass is 10.1. The second kappa shape index (κ2) is 7.43. The highest BCUT2D eigenvalue weighted by molar-refractivity contribution is 5.85. The lowest BCUT2D eigenvalue weighted by molar-refractivity contribution is -0.124. The van der Waals surface area contributed by atoms with E-state index in [1.807, 2.05) is 0 Å². The van der Waals surface area contributed by atoms with E-state index in [9.17, 15) is 14.3 Å². The highest BCUT2D eigenvalue weighted by Crippen LogP contribution is 2.13. The zero-order chi connectivity index (χ0) is 13.0. The van der Waals surface area contributed by atoms with Gasteiger partial charge < -0.3 is 15.7 Å². The fourth-order valence-corrected chi connectivity index (χ4v) is 2.02. The first kappa shape index (κ1) is 15.9. The number of nitrogens with one attached hydrogen (secondary N) is 2. The van der Waals surface area contributed by atoms with Gasteiger partial charge in [0.2, 0.25) is 5.91 Å². The van der Waals surface area contributed by atoms with E-state index in [0.29, 0.717) is 12.1 Å². The SMILES string of the molecule is Cl.O=C(NCC(O)c1ccc(F)cc1)C1CCNC1. The van der Waals surface area contributed by atoms with Crippen molar-refractivity contribution in [2.24, 2.45) is 5.92 Å². The van der Waals surface area contributed by atoms with Crippen molar-refractivity contribution in [2.75, 3.05) is 19.6 Å². The topological polar surface area (TPSA) is 61.4 Å². The normalized spacial score (nSPS) is 19.6. The average molecular weight is 289 g/mol. The third-order valence-corrected chi connectivity index (χ3v) is 3.16. The Morgan fingerprint density at radius 2 is 2.16 bits per heavy atom. The molecule has 1 amide bonds. The van der Waals surface area contributed by atoms with E-state index >= 15 is 0 Å². The Hall–Kier alpha value is -1.17. The quantitative estimate of drug-likeness (QED) is 0.775. The van der Waals surface area contributed by atoms with Crippen LogP contribution in [0.15, 0.2) is 24.3 Å². The third-order valence-electron chi connectivity index (χ3n) is 3.16. The van der Waals surface area contributed by atoms with Gasteiger partial charge in [-0.15, -0.1) is 12.4 Å². The first-order valence-corrected chi connectivity index (χ1v) is 6.09. The highest BCUT2D eigenvalue weighted by Gasteiger charge is 2.22. The predicted octanol–water partition coefficient (Wildman–Crippen LogP) is 1.01. The summed E-state index contributed by atoms with van der Waals surface area (Å²) in [4.78, 5) is 11.7. The molecule has 1 aromatic carbocycles. The molecule has 0 bridgehead atoms. The summed E-state index contributed by atoms with van der Waals surface area (Å²) < 4.78 is 12.7. The summed E-state index contributed by atoms with van der Waals surface area (Å²) in [5, 5.41) is 15.7. The molecule has 1 aliphatic rings. The lowest BCUT2D eigenvalue weighted by Crippen LogP contribution is -2.34. The van der Waals surface area contributed by atoms with E-state index in [1.165, 1.54) is 24.3 Å². The summed E-state index contributed by atoms with van der Waals surface area (Å²) >= 11 is 0. The minimum atomic E-state index is -0.802. The molecule has 2 rings (SSSR count). The van der Waals surface area contributed by atoms with Crippen molar-refractivity contribution in [3.63, 3.8) is 0 Å². The molecule has 1 aromatic rings. The van der Waals surface area contributed by atoms with Gasteiger partial charge in [0.25, 0.3) is 0 Å². The smallest absolute Gasteiger partial charge is 0.224 e. The summed E-state index contributed by atoms with van der Waals surface area (Å²) in [5.74, 6) is -0.390. The van der Waals surface area contributed by atoms with Crippen molar-refractivity contribution in [3.8, 4) is 0 Å². The van der Waals surface area contributed by atoms with Gasteiger partial charge in [-0.1, -0.05) is 12.1 Å². The van der Waals surface area contributed by atoms with Crippen LogP contribution in [0.25, 0.3) is 0 Å². The number of carbonyl (C=O) groups is 1. The van der Waals surface area contributed by atoms with Crippen molar-refractivity contribution in [1.29, 1.82) is 0 Å². The van der Waals surface area contributed by atoms with Gasteiger partial charge in [-0.2, -0.15) is 0 Å². The van der Waals surface area contributed by atoms with Gasteiger partial charge in [0.05, 0.1) is 12.0 Å². The number of amides is 1. The minimum absolute atomic E-state index is 0. The minimum Gasteiger partial charge on any atom is -0.387 e. The molecule has 2 unspecified atom stereocenters. The van der Waals surface area contributed by atoms with Crippen molar-refractivity contribution in [3.05, 3.63) is 35.6 Å². The van der Waals surface area contributed by atoms with E-state index in [0.717, 1.165) is 13.0 Å². The van der Waals surface area contributed by atoms with Crippen molar-refractivity contribution >= 4 is 18.3 Å². The molecule has 0 spiro atoms. The van der Waals surface area contributed by atoms with Crippen LogP contribution in [0.3, 0.4) is 0 Å². The molecule has 19 heavy (non-hydrogen) atoms. The zero-order valence-electron chi connectivity index (χ0n) is 10.4. The molecule has 4 nitrogen and oxygen atoms in total. The first-order chi connectivity index (χ1) is 8.66. The van der Waals surface area contributed by atoms with Crippen LogP contribution in [-0.4, -0.2) is 30.6 Å². The Balaban J connectivity index is 0.00000180. The van der Waals surface area contributed by atoms with Gasteiger partial charge in [0, 0.05) is 13.1 Å². The number of rotatable bonds is 4. The third kappa shape index (κ3) is 4.45. The Labute approximate surface area is 117 Å². The first-order valence-electron chi connectivity index (χ1n) is 6.09. The molecule has 1 fully saturated rings. The lowest BCUT2D eigenvalue weighted by Gasteiger charge is -2.14. The Kier molecular flexibility index (Phi) is 6.21. The van der Waals surface area contributed by atoms with Crippen LogP contribution in [0, 0.1) is 11.7 Å². The highest BCUT2D eigenvalue weighted by atomic mass is 35.5. The maximum absolute atomic E-state index is 12.7. The molecule has 6 heteroatoms. The second-order valence-corrected chi connectivity index (χ2v) is 4.50. The summed E-state index contributed by atoms with van der Waals surface area (Å²) in [7, 11) is 0. The molecule has 0 aromatic heterocycles. The van der Waals surface area contributed by atoms with E-state index in [-0.39, 0.29) is 36.6 Å². The van der Waals surface area contributed by atoms with Gasteiger partial charge in [0.1, 0.15) is 5.82 Å². The number of halogens is 2. The fourth-order valence-electron chi connectivity index (χ4n) is 2.02. The summed E-state index contributed by atoms with van der Waals surface area (Å²) in [5.41, 5.74) is 0.598. The van der Waals surface area contributed by atoms with Gasteiger partial charge >= 0.3 is 0 Å². The molecular weight excluding hydrogens is 271 g/mol. The van der Waals surface area contributed by atoms with Crippen LogP contribution in [0.2, 0.25) is 0 Å². The maximum Gasteiger partial charge on any atom is 0.224 e. The predicted molar refractivity (Wildman–Crippen MR) is 72.6 cm³/mol. The van der Waals surface area contributed by atoms with Crippen molar-refractivity contribution < 1.29 is 14.3 Å². The maximum atomic E-state index is 12.7. The van der Waals surface area contributed by atoms with E-state index in [4.69, 9.17) is 0 Å². The largest absolute Gasteiger partial charge is 0.387 e. The van der Waals surface area contributed by atoms with Crippen LogP contribution in [0.4, 0.5) is 4.39 Å². The van der Waals surface area contributed by atoms with Crippen LogP contribution in [0.5, 0.6) is 0 Å². The summed E-state index contributed by atoms with van der Waals surface area (Å²) in [6, 6.07) is 5.62. The fraction of sp³-hybridized carbons (Fsp3) is 0.462. The van der Waals surface area contributed by atoms with Crippen LogP contribution < -0.4 is 10.6 Å². The van der Waals surface area contributed by atoms with E-state index in [1.54, 1.807) is 0 Å². The Morgan fingerprint density at radius 3 is 2.74 bits per heavy atom. The van der Waals surface area contributed by atoms with Gasteiger partial charge in [-0.25, -0.2) is 4.39 Å². The number of aliphatic hydroxyl groups excluding tert-OH is 1. The number of carbonyl (C=O) groups excluding carboxylic acids is 1. The summed E-state index contributed by atoms with van der Waals surface area (Å²) in [6.45, 7) is 1.71.